The topological polar surface area (TPSA) is 27.7 Å². The maximum absolute atomic E-state index is 6.03. The van der Waals surface area contributed by atoms with E-state index in [0.29, 0.717) is 13.0 Å². The molecule has 0 aromatic rings. The molecule has 0 amide bonds. The van der Waals surface area contributed by atoms with E-state index in [9.17, 15) is 0 Å². The molecule has 0 spiro atoms. The smallest absolute Gasteiger partial charge is 0.191 e. The minimum Gasteiger partial charge on any atom is -0.417 e. The molecular weight excluding hydrogens is 232 g/mol. The van der Waals surface area contributed by atoms with E-state index in [1.165, 1.54) is 0 Å². The van der Waals surface area contributed by atoms with Crippen LogP contribution in [0.3, 0.4) is 0 Å². The van der Waals surface area contributed by atoms with Crippen molar-refractivity contribution in [2.75, 3.05) is 20.5 Å². The molecule has 0 unspecified atom stereocenters. The van der Waals surface area contributed by atoms with Gasteiger partial charge in [0.2, 0.25) is 0 Å². The lowest BCUT2D eigenvalue weighted by atomic mass is 10.2. The van der Waals surface area contributed by atoms with E-state index in [4.69, 9.17) is 20.3 Å². The van der Waals surface area contributed by atoms with E-state index < -0.39 is 8.32 Å². The van der Waals surface area contributed by atoms with Gasteiger partial charge in [-0.1, -0.05) is 26.7 Å². The third-order valence-electron chi connectivity index (χ3n) is 3.22. The largest absolute Gasteiger partial charge is 0.417 e. The lowest BCUT2D eigenvalue weighted by Gasteiger charge is -2.36. The van der Waals surface area contributed by atoms with Crippen LogP contribution < -0.4 is 0 Å². The number of hydrogen-bond acceptors (Lipinski definition) is 3. The van der Waals surface area contributed by atoms with Crippen LogP contribution in [0.15, 0.2) is 0 Å². The Labute approximate surface area is 107 Å². The molecule has 100 valence electrons. The first-order valence-corrected chi connectivity index (χ1v) is 8.86. The van der Waals surface area contributed by atoms with Crippen molar-refractivity contribution in [2.24, 2.45) is 0 Å². The highest BCUT2D eigenvalue weighted by atomic mass is 28.4. The number of hydrogen-bond donors (Lipinski definition) is 0. The molecule has 0 aliphatic heterocycles. The summed E-state index contributed by atoms with van der Waals surface area (Å²) in [6, 6.07) is 0. The summed E-state index contributed by atoms with van der Waals surface area (Å²) in [6.07, 6.45) is 5.87. The van der Waals surface area contributed by atoms with Crippen LogP contribution in [-0.2, 0) is 13.9 Å². The Bertz CT molecular complexity index is 250. The second-order valence-electron chi connectivity index (χ2n) is 5.63. The Kier molecular flexibility index (Phi) is 7.03. The molecule has 0 radical (unpaired) electrons. The lowest BCUT2D eigenvalue weighted by molar-refractivity contribution is -0.0570. The molecule has 0 bridgehead atoms. The molecule has 0 N–H and O–H groups in total. The average molecular weight is 258 g/mol. The number of ether oxygens (including phenoxy) is 2. The number of rotatable bonds is 7. The Morgan fingerprint density at radius 1 is 1.29 bits per heavy atom. The van der Waals surface area contributed by atoms with Gasteiger partial charge in [-0.05, 0) is 18.1 Å². The molecule has 0 heterocycles. The first-order chi connectivity index (χ1) is 7.74. The second-order valence-corrected chi connectivity index (χ2v) is 10.4. The first kappa shape index (κ1) is 16.7. The summed E-state index contributed by atoms with van der Waals surface area (Å²) in [5.41, 5.74) is 0. The maximum Gasteiger partial charge on any atom is 0.191 e. The molecule has 1 atom stereocenters. The van der Waals surface area contributed by atoms with E-state index >= 15 is 0 Å². The fourth-order valence-electron chi connectivity index (χ4n) is 1.00. The summed E-state index contributed by atoms with van der Waals surface area (Å²) >= 11 is 0. The second kappa shape index (κ2) is 7.17. The van der Waals surface area contributed by atoms with Crippen LogP contribution in [0.4, 0.5) is 0 Å². The van der Waals surface area contributed by atoms with Crippen LogP contribution in [0, 0.1) is 12.3 Å². The van der Waals surface area contributed by atoms with Gasteiger partial charge < -0.3 is 13.9 Å². The SMILES string of the molecule is C#C[C@H](CCO[Si](C)(C)C(C)(C)C)OCOC. The number of terminal acetylenes is 1. The van der Waals surface area contributed by atoms with Crippen LogP contribution in [0.1, 0.15) is 27.2 Å². The summed E-state index contributed by atoms with van der Waals surface area (Å²) in [4.78, 5) is 0. The Hall–Kier alpha value is -0.343. The van der Waals surface area contributed by atoms with Gasteiger partial charge in [-0.15, -0.1) is 6.42 Å². The van der Waals surface area contributed by atoms with Crippen molar-refractivity contribution in [3.8, 4) is 12.3 Å². The van der Waals surface area contributed by atoms with Gasteiger partial charge in [0.15, 0.2) is 8.32 Å². The molecular formula is C13H26O3Si. The van der Waals surface area contributed by atoms with E-state index in [1.54, 1.807) is 7.11 Å². The molecule has 0 rings (SSSR count). The van der Waals surface area contributed by atoms with Gasteiger partial charge >= 0.3 is 0 Å². The van der Waals surface area contributed by atoms with Crippen LogP contribution in [0.5, 0.6) is 0 Å². The van der Waals surface area contributed by atoms with Crippen molar-refractivity contribution in [3.05, 3.63) is 0 Å². The van der Waals surface area contributed by atoms with Gasteiger partial charge in [0.25, 0.3) is 0 Å². The zero-order valence-corrected chi connectivity index (χ0v) is 13.0. The summed E-state index contributed by atoms with van der Waals surface area (Å²) in [5.74, 6) is 2.60. The minimum atomic E-state index is -1.67. The third-order valence-corrected chi connectivity index (χ3v) is 7.76. The first-order valence-electron chi connectivity index (χ1n) is 5.95. The zero-order chi connectivity index (χ0) is 13.5. The third kappa shape index (κ3) is 6.23. The minimum absolute atomic E-state index is 0.222. The van der Waals surface area contributed by atoms with Gasteiger partial charge in [0, 0.05) is 20.1 Å². The molecule has 4 heteroatoms. The fourth-order valence-corrected chi connectivity index (χ4v) is 2.06. The molecule has 0 aliphatic rings. The standard InChI is InChI=1S/C13H26O3Si/c1-8-12(15-11-14-5)9-10-16-17(6,7)13(2,3)4/h1,12H,9-11H2,2-7H3/t12-/m1/s1. The summed E-state index contributed by atoms with van der Waals surface area (Å²) in [5, 5.41) is 0.228. The summed E-state index contributed by atoms with van der Waals surface area (Å²) < 4.78 is 16.2. The monoisotopic (exact) mass is 258 g/mol. The molecule has 0 saturated heterocycles. The highest BCUT2D eigenvalue weighted by Crippen LogP contribution is 2.36. The highest BCUT2D eigenvalue weighted by molar-refractivity contribution is 6.74. The van der Waals surface area contributed by atoms with Gasteiger partial charge in [-0.25, -0.2) is 0 Å². The Balaban J connectivity index is 4.01. The molecule has 0 aromatic heterocycles. The van der Waals surface area contributed by atoms with Gasteiger partial charge in [-0.3, -0.25) is 0 Å². The summed E-state index contributed by atoms with van der Waals surface area (Å²) in [6.45, 7) is 12.0. The summed E-state index contributed by atoms with van der Waals surface area (Å²) in [7, 11) is -0.0881. The van der Waals surface area contributed by atoms with Crippen molar-refractivity contribution in [3.63, 3.8) is 0 Å². The van der Waals surface area contributed by atoms with Crippen LogP contribution in [0.25, 0.3) is 0 Å². The molecule has 0 aliphatic carbocycles. The van der Waals surface area contributed by atoms with E-state index in [1.807, 2.05) is 0 Å². The Morgan fingerprint density at radius 2 is 1.88 bits per heavy atom. The van der Waals surface area contributed by atoms with Crippen molar-refractivity contribution < 1.29 is 13.9 Å². The molecule has 0 saturated carbocycles. The van der Waals surface area contributed by atoms with Crippen LogP contribution >= 0.6 is 0 Å². The quantitative estimate of drug-likeness (QED) is 0.399. The van der Waals surface area contributed by atoms with Crippen LogP contribution in [0.2, 0.25) is 18.1 Å². The van der Waals surface area contributed by atoms with Gasteiger partial charge in [-0.2, -0.15) is 0 Å². The maximum atomic E-state index is 6.03. The van der Waals surface area contributed by atoms with Crippen molar-refractivity contribution in [1.29, 1.82) is 0 Å². The Morgan fingerprint density at radius 3 is 2.29 bits per heavy atom. The van der Waals surface area contributed by atoms with E-state index in [0.717, 1.165) is 0 Å². The number of methoxy groups -OCH3 is 1. The van der Waals surface area contributed by atoms with Gasteiger partial charge in [0.1, 0.15) is 12.9 Å². The van der Waals surface area contributed by atoms with E-state index in [2.05, 4.69) is 39.8 Å². The predicted octanol–water partition coefficient (Wildman–Crippen LogP) is 3.02. The van der Waals surface area contributed by atoms with Gasteiger partial charge in [0.05, 0.1) is 0 Å². The average Bonchev–Trinajstić information content (AvgIpc) is 2.21. The lowest BCUT2D eigenvalue weighted by Crippen LogP contribution is -2.41. The highest BCUT2D eigenvalue weighted by Gasteiger charge is 2.36. The molecule has 0 aromatic carbocycles. The van der Waals surface area contributed by atoms with Crippen molar-refractivity contribution >= 4 is 8.32 Å². The van der Waals surface area contributed by atoms with E-state index in [-0.39, 0.29) is 17.9 Å². The molecule has 3 nitrogen and oxygen atoms in total. The molecule has 0 fully saturated rings. The normalized spacial score (nSPS) is 14.4. The predicted molar refractivity (Wildman–Crippen MR) is 73.3 cm³/mol. The van der Waals surface area contributed by atoms with Crippen LogP contribution in [-0.4, -0.2) is 34.9 Å². The zero-order valence-electron chi connectivity index (χ0n) is 12.0. The molecule has 17 heavy (non-hydrogen) atoms. The van der Waals surface area contributed by atoms with Crippen molar-refractivity contribution in [2.45, 2.75) is 51.4 Å². The van der Waals surface area contributed by atoms with Crippen molar-refractivity contribution in [1.82, 2.24) is 0 Å². The fraction of sp³-hybridized carbons (Fsp3) is 0.846.